The van der Waals surface area contributed by atoms with Gasteiger partial charge in [0.1, 0.15) is 0 Å². The Morgan fingerprint density at radius 3 is 2.49 bits per heavy atom. The number of carbonyl (C=O) groups excluding carboxylic acids is 1. The summed E-state index contributed by atoms with van der Waals surface area (Å²) in [6.45, 7) is 2.11. The number of hydrogen-bond donors (Lipinski definition) is 1. The second-order valence-electron chi connectivity index (χ2n) is 8.02. The zero-order chi connectivity index (χ0) is 25.2. The highest BCUT2D eigenvalue weighted by Crippen LogP contribution is 2.49. The van der Waals surface area contributed by atoms with Gasteiger partial charge in [0, 0.05) is 33.8 Å². The molecule has 0 saturated heterocycles. The van der Waals surface area contributed by atoms with Crippen molar-refractivity contribution in [3.63, 3.8) is 0 Å². The van der Waals surface area contributed by atoms with Gasteiger partial charge in [0.2, 0.25) is 0 Å². The number of nitrogens with one attached hydrogen (secondary N) is 1. The maximum atomic E-state index is 14.3. The molecule has 0 bridgehead atoms. The highest BCUT2D eigenvalue weighted by atomic mass is 35.5. The predicted octanol–water partition coefficient (Wildman–Crippen LogP) is 6.46. The molecule has 1 aliphatic rings. The lowest BCUT2D eigenvalue weighted by Gasteiger charge is -2.29. The highest BCUT2D eigenvalue weighted by molar-refractivity contribution is 6.34. The molecular formula is C25H20Cl2F3N3O2. The van der Waals surface area contributed by atoms with E-state index in [0.29, 0.717) is 28.8 Å². The molecule has 0 fully saturated rings. The molecule has 2 aromatic carbocycles. The van der Waals surface area contributed by atoms with Crippen molar-refractivity contribution in [2.24, 2.45) is 5.16 Å². The minimum atomic E-state index is -4.79. The molecule has 1 amide bonds. The van der Waals surface area contributed by atoms with Crippen LogP contribution < -0.4 is 5.32 Å². The lowest BCUT2D eigenvalue weighted by molar-refractivity contribution is -0.275. The van der Waals surface area contributed by atoms with Crippen molar-refractivity contribution in [2.75, 3.05) is 0 Å². The second-order valence-corrected chi connectivity index (χ2v) is 8.89. The molecule has 35 heavy (non-hydrogen) atoms. The van der Waals surface area contributed by atoms with Gasteiger partial charge in [-0.3, -0.25) is 9.78 Å². The Balaban J connectivity index is 1.59. The fourth-order valence-corrected chi connectivity index (χ4v) is 4.43. The van der Waals surface area contributed by atoms with Gasteiger partial charge in [0.05, 0.1) is 18.0 Å². The smallest absolute Gasteiger partial charge is 0.374 e. The summed E-state index contributed by atoms with van der Waals surface area (Å²) in [7, 11) is 0. The van der Waals surface area contributed by atoms with Gasteiger partial charge in [-0.25, -0.2) is 0 Å². The van der Waals surface area contributed by atoms with E-state index >= 15 is 0 Å². The van der Waals surface area contributed by atoms with Crippen molar-refractivity contribution in [2.45, 2.75) is 38.1 Å². The zero-order valence-corrected chi connectivity index (χ0v) is 20.0. The molecule has 0 saturated carbocycles. The number of carbonyl (C=O) groups is 1. The van der Waals surface area contributed by atoms with Crippen LogP contribution in [-0.4, -0.2) is 22.8 Å². The summed E-state index contributed by atoms with van der Waals surface area (Å²) in [5, 5.41) is 6.72. The number of pyridine rings is 1. The normalized spacial score (nSPS) is 17.6. The van der Waals surface area contributed by atoms with Crippen LogP contribution in [0.3, 0.4) is 0 Å². The molecule has 5 nitrogen and oxygen atoms in total. The molecule has 1 unspecified atom stereocenters. The Labute approximate surface area is 209 Å². The third-order valence-electron chi connectivity index (χ3n) is 5.74. The number of aromatic nitrogens is 1. The Morgan fingerprint density at radius 1 is 1.11 bits per heavy atom. The van der Waals surface area contributed by atoms with Crippen molar-refractivity contribution >= 4 is 34.8 Å². The second kappa shape index (κ2) is 9.87. The average molecular weight is 522 g/mol. The molecule has 1 aliphatic heterocycles. The van der Waals surface area contributed by atoms with Crippen LogP contribution >= 0.6 is 23.2 Å². The summed E-state index contributed by atoms with van der Waals surface area (Å²) in [5.74, 6) is -0.304. The number of nitrogens with zero attached hydrogens (tertiary/aromatic N) is 2. The maximum Gasteiger partial charge on any atom is 0.435 e. The van der Waals surface area contributed by atoms with E-state index in [1.54, 1.807) is 36.5 Å². The van der Waals surface area contributed by atoms with Gasteiger partial charge in [-0.2, -0.15) is 13.2 Å². The summed E-state index contributed by atoms with van der Waals surface area (Å²) >= 11 is 11.9. The van der Waals surface area contributed by atoms with Gasteiger partial charge in [-0.15, -0.1) is 0 Å². The molecule has 1 atom stereocenters. The van der Waals surface area contributed by atoms with Crippen LogP contribution in [0.4, 0.5) is 13.2 Å². The summed E-state index contributed by atoms with van der Waals surface area (Å²) in [6, 6.07) is 13.9. The first-order valence-corrected chi connectivity index (χ1v) is 11.5. The number of hydrogen-bond acceptors (Lipinski definition) is 4. The van der Waals surface area contributed by atoms with Crippen LogP contribution in [-0.2, 0) is 23.4 Å². The van der Waals surface area contributed by atoms with Crippen LogP contribution in [0.2, 0.25) is 10.0 Å². The number of amides is 1. The first-order chi connectivity index (χ1) is 16.6. The number of oxime groups is 1. The first-order valence-electron chi connectivity index (χ1n) is 10.7. The van der Waals surface area contributed by atoms with E-state index in [2.05, 4.69) is 15.5 Å². The largest absolute Gasteiger partial charge is 0.435 e. The molecule has 0 radical (unpaired) electrons. The summed E-state index contributed by atoms with van der Waals surface area (Å²) < 4.78 is 42.8. The Kier molecular flexibility index (Phi) is 7.05. The van der Waals surface area contributed by atoms with Gasteiger partial charge >= 0.3 is 6.18 Å². The fourth-order valence-electron chi connectivity index (χ4n) is 3.90. The molecule has 2 heterocycles. The third-order valence-corrected chi connectivity index (χ3v) is 6.17. The molecule has 3 aromatic rings. The third kappa shape index (κ3) is 5.13. The van der Waals surface area contributed by atoms with Gasteiger partial charge in [0.15, 0.2) is 0 Å². The van der Waals surface area contributed by atoms with Crippen LogP contribution in [0.15, 0.2) is 65.9 Å². The zero-order valence-electron chi connectivity index (χ0n) is 18.5. The minimum Gasteiger partial charge on any atom is -0.374 e. The number of benzene rings is 2. The van der Waals surface area contributed by atoms with E-state index in [4.69, 9.17) is 28.0 Å². The lowest BCUT2D eigenvalue weighted by atomic mass is 9.86. The number of halogens is 5. The number of rotatable bonds is 6. The van der Waals surface area contributed by atoms with E-state index in [1.807, 2.05) is 13.0 Å². The first kappa shape index (κ1) is 25.0. The van der Waals surface area contributed by atoms with Crippen molar-refractivity contribution in [3.05, 3.63) is 98.8 Å². The minimum absolute atomic E-state index is 0.0579. The Hall–Kier alpha value is -3.10. The van der Waals surface area contributed by atoms with Gasteiger partial charge in [-0.1, -0.05) is 47.4 Å². The van der Waals surface area contributed by atoms with E-state index in [1.165, 1.54) is 18.2 Å². The molecule has 0 aliphatic carbocycles. The summed E-state index contributed by atoms with van der Waals surface area (Å²) in [6.07, 6.45) is -3.23. The van der Waals surface area contributed by atoms with Crippen LogP contribution in [0, 0.1) is 0 Å². The van der Waals surface area contributed by atoms with Crippen LogP contribution in [0.5, 0.6) is 0 Å². The number of alkyl halides is 3. The van der Waals surface area contributed by atoms with Gasteiger partial charge in [-0.05, 0) is 60.0 Å². The SMILES string of the molecule is CCc1cc(C2=NOC(c3cc(Cl)cc(Cl)c3)(C(F)(F)F)C2)ccc1C(=O)NCc1ccccn1. The fraction of sp³-hybridized carbons (Fsp3) is 0.240. The Bertz CT molecular complexity index is 1260. The monoisotopic (exact) mass is 521 g/mol. The van der Waals surface area contributed by atoms with Crippen molar-refractivity contribution in [1.82, 2.24) is 10.3 Å². The maximum absolute atomic E-state index is 14.3. The van der Waals surface area contributed by atoms with E-state index in [-0.39, 0.29) is 33.8 Å². The average Bonchev–Trinajstić information content (AvgIpc) is 3.29. The van der Waals surface area contributed by atoms with E-state index in [9.17, 15) is 18.0 Å². The van der Waals surface area contributed by atoms with E-state index in [0.717, 1.165) is 0 Å². The van der Waals surface area contributed by atoms with E-state index < -0.39 is 18.2 Å². The summed E-state index contributed by atoms with van der Waals surface area (Å²) in [5.41, 5.74) is -0.618. The molecule has 1 aromatic heterocycles. The number of aryl methyl sites for hydroxylation is 1. The Morgan fingerprint density at radius 2 is 1.86 bits per heavy atom. The standard InChI is InChI=1S/C25H20Cl2F3N3O2/c1-2-15-9-16(6-7-21(15)23(34)32-14-20-5-3-4-8-31-20)22-13-24(35-33-22,25(28,29)30)17-10-18(26)12-19(27)11-17/h3-12H,2,13-14H2,1H3,(H,32,34). The lowest BCUT2D eigenvalue weighted by Crippen LogP contribution is -2.42. The quantitative estimate of drug-likeness (QED) is 0.404. The predicted molar refractivity (Wildman–Crippen MR) is 128 cm³/mol. The molecule has 10 heteroatoms. The molecule has 0 spiro atoms. The van der Waals surface area contributed by atoms with Crippen molar-refractivity contribution < 1.29 is 22.8 Å². The topological polar surface area (TPSA) is 63.6 Å². The van der Waals surface area contributed by atoms with Crippen molar-refractivity contribution in [1.29, 1.82) is 0 Å². The van der Waals surface area contributed by atoms with Crippen molar-refractivity contribution in [3.8, 4) is 0 Å². The highest BCUT2D eigenvalue weighted by Gasteiger charge is 2.62. The molecule has 4 rings (SSSR count). The van der Waals surface area contributed by atoms with Gasteiger partial charge in [0.25, 0.3) is 11.5 Å². The molecule has 1 N–H and O–H groups in total. The van der Waals surface area contributed by atoms with Crippen LogP contribution in [0.1, 0.15) is 46.1 Å². The van der Waals surface area contributed by atoms with Gasteiger partial charge < -0.3 is 10.2 Å². The van der Waals surface area contributed by atoms with Crippen LogP contribution in [0.25, 0.3) is 0 Å². The molecular weight excluding hydrogens is 502 g/mol. The summed E-state index contributed by atoms with van der Waals surface area (Å²) in [4.78, 5) is 22.0. The molecule has 182 valence electrons.